The highest BCUT2D eigenvalue weighted by Crippen LogP contribution is 2.39. The fourth-order valence-corrected chi connectivity index (χ4v) is 3.75. The summed E-state index contributed by atoms with van der Waals surface area (Å²) in [6, 6.07) is 10.8. The molecule has 1 saturated heterocycles. The number of hydrogen-bond donors (Lipinski definition) is 2. The van der Waals surface area contributed by atoms with E-state index in [1.807, 2.05) is 0 Å². The lowest BCUT2D eigenvalue weighted by Crippen LogP contribution is -2.44. The van der Waals surface area contributed by atoms with Crippen LogP contribution >= 0.6 is 24.0 Å². The summed E-state index contributed by atoms with van der Waals surface area (Å²) < 4.78 is 5.34. The Morgan fingerprint density at radius 3 is 2.70 bits per heavy atom. The van der Waals surface area contributed by atoms with Gasteiger partial charge in [0.25, 0.3) is 11.8 Å². The minimum atomic E-state index is -0.750. The molecule has 0 aromatic heterocycles. The number of phenols is 1. The molecule has 2 aromatic carbocycles. The van der Waals surface area contributed by atoms with E-state index in [2.05, 4.69) is 5.43 Å². The third-order valence-electron chi connectivity index (χ3n) is 3.91. The molecule has 0 saturated carbocycles. The van der Waals surface area contributed by atoms with Crippen molar-refractivity contribution in [3.8, 4) is 11.5 Å². The number of rotatable bonds is 6. The standard InChI is InChI=1S/C19H15N3O6S2/c1-2-28-14-9-11(8-13(16(14)23)22(26)27)10-15-18(25)21(19(29)30-15)20-17(24)12-6-4-3-5-7-12/h3-10,23H,2H2,1H3,(H,20,24)/b15-10-. The minimum Gasteiger partial charge on any atom is -0.500 e. The minimum absolute atomic E-state index is 0.0780. The number of hydrazine groups is 1. The van der Waals surface area contributed by atoms with E-state index in [0.29, 0.717) is 5.56 Å². The zero-order valence-electron chi connectivity index (χ0n) is 15.5. The number of hydrogen-bond acceptors (Lipinski definition) is 8. The molecule has 1 aliphatic heterocycles. The van der Waals surface area contributed by atoms with Crippen molar-refractivity contribution in [1.29, 1.82) is 0 Å². The number of nitro groups is 1. The molecule has 3 rings (SSSR count). The van der Waals surface area contributed by atoms with E-state index in [4.69, 9.17) is 17.0 Å². The molecule has 11 heteroatoms. The van der Waals surface area contributed by atoms with Crippen molar-refractivity contribution >= 4 is 51.9 Å². The van der Waals surface area contributed by atoms with Gasteiger partial charge in [-0.2, -0.15) is 5.01 Å². The summed E-state index contributed by atoms with van der Waals surface area (Å²) in [5.41, 5.74) is 2.51. The van der Waals surface area contributed by atoms with Crippen LogP contribution in [-0.2, 0) is 4.79 Å². The molecule has 1 heterocycles. The number of thioether (sulfide) groups is 1. The SMILES string of the molecule is CCOc1cc(/C=C2\SC(=S)N(NC(=O)c3ccccc3)C2=O)cc([N+](=O)[O-])c1O. The summed E-state index contributed by atoms with van der Waals surface area (Å²) in [6.07, 6.45) is 1.38. The number of phenolic OH excluding ortho intramolecular Hbond substituents is 1. The highest BCUT2D eigenvalue weighted by Gasteiger charge is 2.34. The quantitative estimate of drug-likeness (QED) is 0.301. The third kappa shape index (κ3) is 4.42. The number of carbonyl (C=O) groups excluding carboxylic acids is 2. The van der Waals surface area contributed by atoms with Gasteiger partial charge in [0.15, 0.2) is 10.1 Å². The first kappa shape index (κ1) is 21.3. The maximum absolute atomic E-state index is 12.7. The Balaban J connectivity index is 1.88. The number of nitro benzene ring substituents is 1. The first-order chi connectivity index (χ1) is 14.3. The number of nitrogens with one attached hydrogen (secondary N) is 1. The van der Waals surface area contributed by atoms with E-state index < -0.39 is 28.2 Å². The summed E-state index contributed by atoms with van der Waals surface area (Å²) in [6.45, 7) is 1.85. The molecule has 2 amide bonds. The van der Waals surface area contributed by atoms with Gasteiger partial charge in [-0.05, 0) is 49.0 Å². The largest absolute Gasteiger partial charge is 0.500 e. The summed E-state index contributed by atoms with van der Waals surface area (Å²) >= 11 is 6.11. The topological polar surface area (TPSA) is 122 Å². The molecular formula is C19H15N3O6S2. The van der Waals surface area contributed by atoms with Gasteiger partial charge in [-0.15, -0.1) is 0 Å². The Hall–Kier alpha value is -3.44. The average Bonchev–Trinajstić information content (AvgIpc) is 2.98. The molecule has 2 aromatic rings. The Labute approximate surface area is 180 Å². The van der Waals surface area contributed by atoms with Gasteiger partial charge in [-0.3, -0.25) is 25.1 Å². The molecule has 1 aliphatic rings. The number of benzene rings is 2. The average molecular weight is 445 g/mol. The van der Waals surface area contributed by atoms with Crippen LogP contribution in [0.5, 0.6) is 11.5 Å². The molecule has 154 valence electrons. The van der Waals surface area contributed by atoms with Crippen LogP contribution in [0.3, 0.4) is 0 Å². The fraction of sp³-hybridized carbons (Fsp3) is 0.105. The van der Waals surface area contributed by atoms with Crippen LogP contribution in [0.1, 0.15) is 22.8 Å². The number of nitrogens with zero attached hydrogens (tertiary/aromatic N) is 2. The fourth-order valence-electron chi connectivity index (χ4n) is 2.57. The number of thiocarbonyl (C=S) groups is 1. The monoisotopic (exact) mass is 445 g/mol. The van der Waals surface area contributed by atoms with Crippen molar-refractivity contribution < 1.29 is 24.4 Å². The number of ether oxygens (including phenoxy) is 1. The number of amides is 2. The van der Waals surface area contributed by atoms with Crippen LogP contribution in [0.4, 0.5) is 5.69 Å². The van der Waals surface area contributed by atoms with Gasteiger partial charge >= 0.3 is 5.69 Å². The first-order valence-corrected chi connectivity index (χ1v) is 9.82. The smallest absolute Gasteiger partial charge is 0.315 e. The van der Waals surface area contributed by atoms with Gasteiger partial charge in [-0.25, -0.2) is 0 Å². The second-order valence-corrected chi connectivity index (χ2v) is 7.58. The summed E-state index contributed by atoms with van der Waals surface area (Å²) in [5.74, 6) is -1.76. The van der Waals surface area contributed by atoms with Gasteiger partial charge in [0.1, 0.15) is 0 Å². The molecule has 0 radical (unpaired) electrons. The predicted molar refractivity (Wildman–Crippen MR) is 115 cm³/mol. The molecule has 0 unspecified atom stereocenters. The second-order valence-electron chi connectivity index (χ2n) is 5.90. The first-order valence-electron chi connectivity index (χ1n) is 8.60. The maximum atomic E-state index is 12.7. The Morgan fingerprint density at radius 1 is 1.37 bits per heavy atom. The van der Waals surface area contributed by atoms with Crippen LogP contribution in [0.15, 0.2) is 47.4 Å². The van der Waals surface area contributed by atoms with Gasteiger partial charge < -0.3 is 9.84 Å². The van der Waals surface area contributed by atoms with Crippen molar-refractivity contribution in [2.45, 2.75) is 6.92 Å². The van der Waals surface area contributed by atoms with E-state index >= 15 is 0 Å². The third-order valence-corrected chi connectivity index (χ3v) is 5.22. The summed E-state index contributed by atoms with van der Waals surface area (Å²) in [7, 11) is 0. The zero-order valence-corrected chi connectivity index (χ0v) is 17.2. The van der Waals surface area contributed by atoms with Crippen LogP contribution in [-0.4, -0.2) is 37.8 Å². The molecule has 1 fully saturated rings. The van der Waals surface area contributed by atoms with Crippen LogP contribution < -0.4 is 10.2 Å². The molecule has 30 heavy (non-hydrogen) atoms. The molecule has 0 aliphatic carbocycles. The Kier molecular flexibility index (Phi) is 6.33. The number of aromatic hydroxyl groups is 1. The van der Waals surface area contributed by atoms with Gasteiger partial charge in [0, 0.05) is 11.6 Å². The van der Waals surface area contributed by atoms with E-state index in [-0.39, 0.29) is 27.1 Å². The molecule has 2 N–H and O–H groups in total. The molecule has 0 spiro atoms. The Bertz CT molecular complexity index is 1070. The van der Waals surface area contributed by atoms with Crippen molar-refractivity contribution in [3.63, 3.8) is 0 Å². The highest BCUT2D eigenvalue weighted by atomic mass is 32.2. The van der Waals surface area contributed by atoms with Gasteiger partial charge in [0.2, 0.25) is 5.75 Å². The van der Waals surface area contributed by atoms with Gasteiger partial charge in [-0.1, -0.05) is 30.0 Å². The van der Waals surface area contributed by atoms with Crippen molar-refractivity contribution in [1.82, 2.24) is 10.4 Å². The van der Waals surface area contributed by atoms with E-state index in [1.54, 1.807) is 37.3 Å². The lowest BCUT2D eigenvalue weighted by atomic mass is 10.1. The molecule has 0 atom stereocenters. The lowest BCUT2D eigenvalue weighted by Gasteiger charge is -2.15. The molecule has 0 bridgehead atoms. The van der Waals surface area contributed by atoms with Gasteiger partial charge in [0.05, 0.1) is 16.4 Å². The Morgan fingerprint density at radius 2 is 2.07 bits per heavy atom. The molecular weight excluding hydrogens is 430 g/mol. The highest BCUT2D eigenvalue weighted by molar-refractivity contribution is 8.26. The van der Waals surface area contributed by atoms with Crippen molar-refractivity contribution in [3.05, 3.63) is 68.6 Å². The zero-order chi connectivity index (χ0) is 21.8. The maximum Gasteiger partial charge on any atom is 0.315 e. The van der Waals surface area contributed by atoms with E-state index in [9.17, 15) is 24.8 Å². The van der Waals surface area contributed by atoms with Crippen LogP contribution in [0, 0.1) is 10.1 Å². The van der Waals surface area contributed by atoms with E-state index in [1.165, 1.54) is 12.1 Å². The normalized spacial score (nSPS) is 14.8. The van der Waals surface area contributed by atoms with Crippen molar-refractivity contribution in [2.75, 3.05) is 6.61 Å². The summed E-state index contributed by atoms with van der Waals surface area (Å²) in [5, 5.41) is 22.1. The lowest BCUT2D eigenvalue weighted by molar-refractivity contribution is -0.386. The van der Waals surface area contributed by atoms with Crippen LogP contribution in [0.25, 0.3) is 6.08 Å². The summed E-state index contributed by atoms with van der Waals surface area (Å²) in [4.78, 5) is 35.6. The van der Waals surface area contributed by atoms with E-state index in [0.717, 1.165) is 22.8 Å². The molecule has 9 nitrogen and oxygen atoms in total. The second kappa shape index (κ2) is 8.93. The predicted octanol–water partition coefficient (Wildman–Crippen LogP) is 3.25. The van der Waals surface area contributed by atoms with Crippen LogP contribution in [0.2, 0.25) is 0 Å². The van der Waals surface area contributed by atoms with Crippen molar-refractivity contribution in [2.24, 2.45) is 0 Å². The number of carbonyl (C=O) groups is 2.